The van der Waals surface area contributed by atoms with E-state index in [1.165, 1.54) is 50.5 Å². The molecule has 0 nitrogen and oxygen atoms in total. The molecule has 1 aliphatic carbocycles. The smallest absolute Gasteiger partial charge is 0.194 e. The molecule has 0 aliphatic heterocycles. The van der Waals surface area contributed by atoms with Gasteiger partial charge in [-0.1, -0.05) is 50.8 Å². The van der Waals surface area contributed by atoms with Crippen LogP contribution in [-0.4, -0.2) is 0 Å². The third-order valence-corrected chi connectivity index (χ3v) is 4.88. The van der Waals surface area contributed by atoms with Crippen LogP contribution in [0.15, 0.2) is 42.5 Å². The first kappa shape index (κ1) is 19.5. The summed E-state index contributed by atoms with van der Waals surface area (Å²) in [6.07, 6.45) is 8.83. The second-order valence-corrected chi connectivity index (χ2v) is 6.64. The lowest BCUT2D eigenvalue weighted by molar-refractivity contribution is 0.271. The lowest BCUT2D eigenvalue weighted by Crippen LogP contribution is -2.28. The Kier molecular flexibility index (Phi) is 7.03. The number of hydrogen-bond acceptors (Lipinski definition) is 0. The Morgan fingerprint density at radius 2 is 1.44 bits per heavy atom. The van der Waals surface area contributed by atoms with Crippen molar-refractivity contribution >= 4 is 0 Å². The van der Waals surface area contributed by atoms with Gasteiger partial charge in [-0.05, 0) is 54.5 Å². The number of hydrogen-bond donors (Lipinski definition) is 0. The molecule has 0 unspecified atom stereocenters. The van der Waals surface area contributed by atoms with Crippen molar-refractivity contribution in [3.63, 3.8) is 0 Å². The molecule has 0 heterocycles. The number of halogens is 4. The van der Waals surface area contributed by atoms with E-state index in [4.69, 9.17) is 0 Å². The zero-order valence-corrected chi connectivity index (χ0v) is 14.5. The Hall–Kier alpha value is -1.84. The van der Waals surface area contributed by atoms with E-state index in [1.807, 2.05) is 6.07 Å². The van der Waals surface area contributed by atoms with Gasteiger partial charge in [-0.2, -0.15) is 0 Å². The van der Waals surface area contributed by atoms with Crippen LogP contribution in [0, 0.1) is 23.3 Å². The van der Waals surface area contributed by atoms with E-state index in [2.05, 4.69) is 13.0 Å². The second-order valence-electron chi connectivity index (χ2n) is 6.64. The Balaban J connectivity index is 0.000000212. The van der Waals surface area contributed by atoms with Crippen molar-refractivity contribution in [2.24, 2.45) is 0 Å². The maximum Gasteiger partial charge on any atom is 0.194 e. The maximum absolute atomic E-state index is 13.3. The largest absolute Gasteiger partial charge is 0.207 e. The fraction of sp³-hybridized carbons (Fsp3) is 0.429. The van der Waals surface area contributed by atoms with Gasteiger partial charge in [-0.3, -0.25) is 0 Å². The van der Waals surface area contributed by atoms with Gasteiger partial charge in [0.2, 0.25) is 0 Å². The normalized spacial score (nSPS) is 16.0. The van der Waals surface area contributed by atoms with Crippen molar-refractivity contribution in [3.05, 3.63) is 71.3 Å². The molecule has 2 aromatic carbocycles. The molecule has 136 valence electrons. The molecule has 1 saturated carbocycles. The van der Waals surface area contributed by atoms with Gasteiger partial charge in [0.05, 0.1) is 0 Å². The summed E-state index contributed by atoms with van der Waals surface area (Å²) in [5, 5.41) is 0. The minimum Gasteiger partial charge on any atom is -0.207 e. The van der Waals surface area contributed by atoms with Gasteiger partial charge in [0, 0.05) is 0 Å². The molecule has 1 fully saturated rings. The quantitative estimate of drug-likeness (QED) is 0.415. The molecule has 4 heteroatoms. The Morgan fingerprint density at radius 3 is 1.96 bits per heavy atom. The average Bonchev–Trinajstić information content (AvgIpc) is 2.61. The van der Waals surface area contributed by atoms with Gasteiger partial charge in [-0.15, -0.1) is 0 Å². The van der Waals surface area contributed by atoms with E-state index < -0.39 is 17.5 Å². The van der Waals surface area contributed by atoms with E-state index in [-0.39, 0.29) is 11.2 Å². The topological polar surface area (TPSA) is 0 Å². The predicted molar refractivity (Wildman–Crippen MR) is 92.4 cm³/mol. The molecular weight excluding hydrogens is 328 g/mol. The van der Waals surface area contributed by atoms with Crippen molar-refractivity contribution in [1.82, 2.24) is 0 Å². The lowest BCUT2D eigenvalue weighted by Gasteiger charge is -2.38. The first-order valence-corrected chi connectivity index (χ1v) is 8.84. The minimum absolute atomic E-state index is 0.0847. The van der Waals surface area contributed by atoms with Crippen LogP contribution in [0.5, 0.6) is 0 Å². The maximum atomic E-state index is 13.3. The minimum atomic E-state index is -1.42. The molecule has 0 N–H and O–H groups in total. The molecule has 0 aromatic heterocycles. The Morgan fingerprint density at radius 1 is 0.840 bits per heavy atom. The lowest BCUT2D eigenvalue weighted by atomic mass is 9.67. The van der Waals surface area contributed by atoms with Crippen molar-refractivity contribution in [3.8, 4) is 0 Å². The summed E-state index contributed by atoms with van der Waals surface area (Å²) >= 11 is 0. The first-order chi connectivity index (χ1) is 12.0. The average molecular weight is 352 g/mol. The highest BCUT2D eigenvalue weighted by atomic mass is 19.2. The van der Waals surface area contributed by atoms with Crippen LogP contribution in [0.25, 0.3) is 0 Å². The molecule has 0 radical (unpaired) electrons. The Bertz CT molecular complexity index is 650. The highest BCUT2D eigenvalue weighted by molar-refractivity contribution is 5.26. The summed E-state index contributed by atoms with van der Waals surface area (Å²) in [5.74, 6) is -3.82. The van der Waals surface area contributed by atoms with Gasteiger partial charge >= 0.3 is 0 Å². The predicted octanol–water partition coefficient (Wildman–Crippen LogP) is 6.93. The van der Waals surface area contributed by atoms with E-state index in [0.717, 1.165) is 18.2 Å². The summed E-state index contributed by atoms with van der Waals surface area (Å²) in [6.45, 7) is 2.23. The van der Waals surface area contributed by atoms with Crippen molar-refractivity contribution in [1.29, 1.82) is 0 Å². The molecule has 0 atom stereocenters. The van der Waals surface area contributed by atoms with Crippen LogP contribution in [0.2, 0.25) is 0 Å². The monoisotopic (exact) mass is 352 g/mol. The number of benzene rings is 2. The van der Waals surface area contributed by atoms with Gasteiger partial charge in [-0.25, -0.2) is 17.6 Å². The van der Waals surface area contributed by atoms with E-state index in [0.29, 0.717) is 0 Å². The molecule has 0 bridgehead atoms. The zero-order chi connectivity index (χ0) is 18.3. The molecule has 25 heavy (non-hydrogen) atoms. The first-order valence-electron chi connectivity index (χ1n) is 8.84. The van der Waals surface area contributed by atoms with Gasteiger partial charge in [0.15, 0.2) is 17.5 Å². The second kappa shape index (κ2) is 9.02. The molecular formula is C21H24F4. The fourth-order valence-electron chi connectivity index (χ4n) is 3.69. The summed E-state index contributed by atoms with van der Waals surface area (Å²) in [6, 6.07) is 10.1. The van der Waals surface area contributed by atoms with Crippen LogP contribution >= 0.6 is 0 Å². The van der Waals surface area contributed by atoms with Crippen molar-refractivity contribution in [2.45, 2.75) is 57.3 Å². The zero-order valence-electron chi connectivity index (χ0n) is 14.5. The van der Waals surface area contributed by atoms with E-state index in [1.54, 1.807) is 12.1 Å². The molecule has 0 amide bonds. The third kappa shape index (κ3) is 5.07. The molecule has 0 spiro atoms. The standard InChI is InChI=1S/C15H21F.C6H3F3/c1-2-9-15(10-4-3-5-11-15)13-7-6-8-14(16)12-13;7-4-2-1-3-5(8)6(4)9/h6-8,12H,2-5,9-11H2,1H3;1-3H. The molecule has 1 aliphatic rings. The highest BCUT2D eigenvalue weighted by Crippen LogP contribution is 2.43. The van der Waals surface area contributed by atoms with Crippen LogP contribution in [-0.2, 0) is 5.41 Å². The third-order valence-electron chi connectivity index (χ3n) is 4.88. The van der Waals surface area contributed by atoms with Gasteiger partial charge < -0.3 is 0 Å². The highest BCUT2D eigenvalue weighted by Gasteiger charge is 2.32. The Labute approximate surface area is 146 Å². The van der Waals surface area contributed by atoms with Crippen LogP contribution in [0.3, 0.4) is 0 Å². The van der Waals surface area contributed by atoms with E-state index in [9.17, 15) is 17.6 Å². The summed E-state index contributed by atoms with van der Waals surface area (Å²) in [7, 11) is 0. The summed E-state index contributed by atoms with van der Waals surface area (Å²) in [4.78, 5) is 0. The van der Waals surface area contributed by atoms with Crippen molar-refractivity contribution in [2.75, 3.05) is 0 Å². The van der Waals surface area contributed by atoms with Crippen LogP contribution < -0.4 is 0 Å². The summed E-state index contributed by atoms with van der Waals surface area (Å²) < 4.78 is 49.2. The molecule has 0 saturated heterocycles. The van der Waals surface area contributed by atoms with Gasteiger partial charge in [0.25, 0.3) is 0 Å². The SMILES string of the molecule is CCCC1(c2cccc(F)c2)CCCCC1.Fc1cccc(F)c1F. The van der Waals surface area contributed by atoms with Crippen LogP contribution in [0.4, 0.5) is 17.6 Å². The van der Waals surface area contributed by atoms with Crippen LogP contribution in [0.1, 0.15) is 57.4 Å². The molecule has 2 aromatic rings. The van der Waals surface area contributed by atoms with Crippen molar-refractivity contribution < 1.29 is 17.6 Å². The summed E-state index contributed by atoms with van der Waals surface area (Å²) in [5.41, 5.74) is 1.50. The molecule has 3 rings (SSSR count). The van der Waals surface area contributed by atoms with Gasteiger partial charge in [0.1, 0.15) is 5.82 Å². The fourth-order valence-corrected chi connectivity index (χ4v) is 3.69. The number of rotatable bonds is 3. The van der Waals surface area contributed by atoms with E-state index >= 15 is 0 Å².